The Hall–Kier alpha value is -2.36. The molecular formula is C10H10F3N3O4. The average molecular weight is 293 g/mol. The highest BCUT2D eigenvalue weighted by Gasteiger charge is 2.32. The molecule has 7 nitrogen and oxygen atoms in total. The molecule has 0 aliphatic rings. The summed E-state index contributed by atoms with van der Waals surface area (Å²) in [6, 6.07) is 1.22. The van der Waals surface area contributed by atoms with Gasteiger partial charge in [-0.25, -0.2) is 0 Å². The van der Waals surface area contributed by atoms with Gasteiger partial charge in [-0.05, 0) is 12.1 Å². The van der Waals surface area contributed by atoms with Gasteiger partial charge >= 0.3 is 6.18 Å². The Morgan fingerprint density at radius 1 is 1.40 bits per heavy atom. The van der Waals surface area contributed by atoms with Crippen molar-refractivity contribution in [3.63, 3.8) is 0 Å². The smallest absolute Gasteiger partial charge is 0.381 e. The molecule has 0 bridgehead atoms. The van der Waals surface area contributed by atoms with E-state index in [1.807, 2.05) is 5.32 Å². The summed E-state index contributed by atoms with van der Waals surface area (Å²) in [5.41, 5.74) is 1.60. The van der Waals surface area contributed by atoms with E-state index in [0.717, 1.165) is 0 Å². The average Bonchev–Trinajstić information content (AvgIpc) is 2.34. The van der Waals surface area contributed by atoms with Crippen molar-refractivity contribution in [2.45, 2.75) is 12.3 Å². The predicted octanol–water partition coefficient (Wildman–Crippen LogP) is -1.03. The molecule has 0 radical (unpaired) electrons. The number of nitrogens with one attached hydrogen (secondary N) is 2. The molecule has 1 aromatic heterocycles. The number of aliphatic hydroxyl groups is 1. The van der Waals surface area contributed by atoms with Crippen LogP contribution < -0.4 is 16.6 Å². The Bertz CT molecular complexity index is 582. The summed E-state index contributed by atoms with van der Waals surface area (Å²) in [5, 5.41) is 11.0. The Balaban J connectivity index is 2.85. The molecule has 0 aromatic carbocycles. The second kappa shape index (κ2) is 5.74. The van der Waals surface area contributed by atoms with Crippen molar-refractivity contribution in [2.75, 3.05) is 6.54 Å². The summed E-state index contributed by atoms with van der Waals surface area (Å²) in [4.78, 5) is 34.8. The second-order valence-corrected chi connectivity index (χ2v) is 3.74. The lowest BCUT2D eigenvalue weighted by molar-refractivity contribution is -0.141. The van der Waals surface area contributed by atoms with Gasteiger partial charge in [0, 0.05) is 0 Å². The number of carbonyl (C=O) groups is 2. The summed E-state index contributed by atoms with van der Waals surface area (Å²) in [5.74, 6) is -2.13. The number of aliphatic hydroxyl groups excluding tert-OH is 1. The molecule has 1 unspecified atom stereocenters. The van der Waals surface area contributed by atoms with E-state index in [-0.39, 0.29) is 0 Å². The van der Waals surface area contributed by atoms with Crippen molar-refractivity contribution in [1.82, 2.24) is 10.3 Å². The fraction of sp³-hybridized carbons (Fsp3) is 0.300. The maximum Gasteiger partial charge on any atom is 0.431 e. The number of H-pyrrole nitrogens is 1. The van der Waals surface area contributed by atoms with Crippen molar-refractivity contribution < 1.29 is 27.9 Å². The van der Waals surface area contributed by atoms with Gasteiger partial charge < -0.3 is 21.1 Å². The zero-order chi connectivity index (χ0) is 15.5. The second-order valence-electron chi connectivity index (χ2n) is 3.74. The summed E-state index contributed by atoms with van der Waals surface area (Å²) < 4.78 is 36.9. The topological polar surface area (TPSA) is 125 Å². The quantitative estimate of drug-likeness (QED) is 0.566. The Morgan fingerprint density at radius 2 is 2.00 bits per heavy atom. The van der Waals surface area contributed by atoms with Gasteiger partial charge in [0.1, 0.15) is 17.4 Å². The Morgan fingerprint density at radius 3 is 2.45 bits per heavy atom. The summed E-state index contributed by atoms with van der Waals surface area (Å²) in [7, 11) is 0. The molecule has 1 aromatic rings. The Kier molecular flexibility index (Phi) is 4.50. The van der Waals surface area contributed by atoms with E-state index in [1.165, 1.54) is 4.98 Å². The van der Waals surface area contributed by atoms with Crippen molar-refractivity contribution in [1.29, 1.82) is 0 Å². The number of halogens is 3. The van der Waals surface area contributed by atoms with Gasteiger partial charge in [0.15, 0.2) is 0 Å². The van der Waals surface area contributed by atoms with Crippen molar-refractivity contribution in [2.24, 2.45) is 5.73 Å². The molecule has 10 heteroatoms. The monoisotopic (exact) mass is 293 g/mol. The van der Waals surface area contributed by atoms with Crippen LogP contribution in [0.5, 0.6) is 0 Å². The minimum atomic E-state index is -4.74. The SMILES string of the molecule is NC(=O)C(O)CNC(=O)c1ccc(C(F)(F)F)[nH]c1=O. The van der Waals surface area contributed by atoms with Gasteiger partial charge in [0.2, 0.25) is 5.91 Å². The van der Waals surface area contributed by atoms with Gasteiger partial charge in [-0.15, -0.1) is 0 Å². The molecule has 0 saturated carbocycles. The summed E-state index contributed by atoms with van der Waals surface area (Å²) in [6.45, 7) is -0.561. The summed E-state index contributed by atoms with van der Waals surface area (Å²) in [6.07, 6.45) is -6.40. The van der Waals surface area contributed by atoms with E-state index in [4.69, 9.17) is 10.8 Å². The van der Waals surface area contributed by atoms with E-state index in [9.17, 15) is 27.6 Å². The lowest BCUT2D eigenvalue weighted by Crippen LogP contribution is -2.41. The van der Waals surface area contributed by atoms with Crippen molar-refractivity contribution >= 4 is 11.8 Å². The van der Waals surface area contributed by atoms with Crippen LogP contribution in [0.1, 0.15) is 16.1 Å². The van der Waals surface area contributed by atoms with Crippen LogP contribution in [0.3, 0.4) is 0 Å². The molecule has 1 heterocycles. The number of aromatic nitrogens is 1. The van der Waals surface area contributed by atoms with Crippen LogP contribution in [0, 0.1) is 0 Å². The van der Waals surface area contributed by atoms with E-state index in [0.29, 0.717) is 12.1 Å². The van der Waals surface area contributed by atoms with Crippen molar-refractivity contribution in [3.8, 4) is 0 Å². The normalized spacial score (nSPS) is 12.8. The third kappa shape index (κ3) is 3.82. The minimum Gasteiger partial charge on any atom is -0.381 e. The summed E-state index contributed by atoms with van der Waals surface area (Å²) >= 11 is 0. The standard InChI is InChI=1S/C10H10F3N3O4/c11-10(12,13)6-2-1-4(9(20)16-6)8(19)15-3-5(17)7(14)18/h1-2,5,17H,3H2,(H2,14,18)(H,15,19)(H,16,20). The number of hydrogen-bond acceptors (Lipinski definition) is 4. The maximum absolute atomic E-state index is 12.3. The molecule has 0 aliphatic heterocycles. The zero-order valence-corrected chi connectivity index (χ0v) is 9.82. The highest BCUT2D eigenvalue weighted by molar-refractivity contribution is 5.94. The van der Waals surface area contributed by atoms with E-state index >= 15 is 0 Å². The van der Waals surface area contributed by atoms with Gasteiger partial charge in [0.05, 0.1) is 6.54 Å². The molecule has 1 rings (SSSR count). The first-order valence-corrected chi connectivity index (χ1v) is 5.19. The van der Waals surface area contributed by atoms with E-state index < -0.39 is 47.5 Å². The van der Waals surface area contributed by atoms with Crippen LogP contribution in [0.25, 0.3) is 0 Å². The van der Waals surface area contributed by atoms with Crippen LogP contribution in [0.15, 0.2) is 16.9 Å². The maximum atomic E-state index is 12.3. The first kappa shape index (κ1) is 15.7. The molecule has 5 N–H and O–H groups in total. The number of aromatic amines is 1. The molecular weight excluding hydrogens is 283 g/mol. The molecule has 0 aliphatic carbocycles. The zero-order valence-electron chi connectivity index (χ0n) is 9.82. The molecule has 1 atom stereocenters. The molecule has 2 amide bonds. The number of pyridine rings is 1. The molecule has 110 valence electrons. The number of hydrogen-bond donors (Lipinski definition) is 4. The van der Waals surface area contributed by atoms with Crippen LogP contribution in [0.4, 0.5) is 13.2 Å². The van der Waals surface area contributed by atoms with Gasteiger partial charge in [-0.3, -0.25) is 14.4 Å². The Labute approximate surface area is 109 Å². The fourth-order valence-corrected chi connectivity index (χ4v) is 1.20. The molecule has 20 heavy (non-hydrogen) atoms. The van der Waals surface area contributed by atoms with Gasteiger partial charge in [-0.1, -0.05) is 0 Å². The van der Waals surface area contributed by atoms with Gasteiger partial charge in [0.25, 0.3) is 11.5 Å². The third-order valence-corrected chi connectivity index (χ3v) is 2.24. The number of amides is 2. The fourth-order valence-electron chi connectivity index (χ4n) is 1.20. The number of nitrogens with two attached hydrogens (primary N) is 1. The highest BCUT2D eigenvalue weighted by Crippen LogP contribution is 2.26. The molecule has 0 fully saturated rings. The first-order valence-electron chi connectivity index (χ1n) is 5.19. The number of rotatable bonds is 4. The minimum absolute atomic E-state index is 0.529. The van der Waals surface area contributed by atoms with Crippen LogP contribution in [-0.2, 0) is 11.0 Å². The van der Waals surface area contributed by atoms with Crippen LogP contribution >= 0.6 is 0 Å². The van der Waals surface area contributed by atoms with Crippen molar-refractivity contribution in [3.05, 3.63) is 33.7 Å². The lowest BCUT2D eigenvalue weighted by atomic mass is 10.2. The van der Waals surface area contributed by atoms with Crippen LogP contribution in [0.2, 0.25) is 0 Å². The number of carbonyl (C=O) groups excluding carboxylic acids is 2. The number of primary amides is 1. The van der Waals surface area contributed by atoms with Gasteiger partial charge in [-0.2, -0.15) is 13.2 Å². The highest BCUT2D eigenvalue weighted by atomic mass is 19.4. The van der Waals surface area contributed by atoms with E-state index in [2.05, 4.69) is 0 Å². The largest absolute Gasteiger partial charge is 0.431 e. The lowest BCUT2D eigenvalue weighted by Gasteiger charge is -2.09. The van der Waals surface area contributed by atoms with Crippen LogP contribution in [-0.4, -0.2) is 34.6 Å². The number of alkyl halides is 3. The third-order valence-electron chi connectivity index (χ3n) is 2.24. The first-order chi connectivity index (χ1) is 9.12. The van der Waals surface area contributed by atoms with E-state index in [1.54, 1.807) is 0 Å². The predicted molar refractivity (Wildman–Crippen MR) is 59.6 cm³/mol. The molecule has 0 saturated heterocycles. The molecule has 0 spiro atoms.